The average molecular weight is 362 g/mol. The third-order valence-corrected chi connectivity index (χ3v) is 3.32. The van der Waals surface area contributed by atoms with E-state index in [1.165, 1.54) is 51.8 Å². The number of hydrogen-bond donors (Lipinski definition) is 1. The van der Waals surface area contributed by atoms with Crippen molar-refractivity contribution in [1.29, 1.82) is 0 Å². The fourth-order valence-corrected chi connectivity index (χ4v) is 2.04. The molecule has 0 radical (unpaired) electrons. The molecule has 26 heavy (non-hydrogen) atoms. The van der Waals surface area contributed by atoms with E-state index in [4.69, 9.17) is 18.9 Å². The van der Waals surface area contributed by atoms with Crippen LogP contribution in [0.3, 0.4) is 0 Å². The summed E-state index contributed by atoms with van der Waals surface area (Å²) in [4.78, 5) is 11.8. The lowest BCUT2D eigenvalue weighted by Gasteiger charge is -2.12. The molecule has 2 aromatic rings. The van der Waals surface area contributed by atoms with Crippen LogP contribution >= 0.6 is 0 Å². The van der Waals surface area contributed by atoms with Crippen molar-refractivity contribution in [2.45, 2.75) is 0 Å². The van der Waals surface area contributed by atoms with Crippen molar-refractivity contribution in [3.8, 4) is 23.0 Å². The van der Waals surface area contributed by atoms with E-state index in [1.807, 2.05) is 0 Å². The lowest BCUT2D eigenvalue weighted by molar-refractivity contribution is -0.123. The summed E-state index contributed by atoms with van der Waals surface area (Å²) < 4.78 is 33.8. The maximum absolute atomic E-state index is 12.8. The van der Waals surface area contributed by atoms with Crippen molar-refractivity contribution in [2.75, 3.05) is 27.9 Å². The minimum atomic E-state index is -0.475. The van der Waals surface area contributed by atoms with E-state index in [9.17, 15) is 9.18 Å². The Morgan fingerprint density at radius 2 is 1.65 bits per heavy atom. The van der Waals surface area contributed by atoms with Crippen LogP contribution in [0.4, 0.5) is 4.39 Å². The van der Waals surface area contributed by atoms with Gasteiger partial charge in [0.15, 0.2) is 6.61 Å². The van der Waals surface area contributed by atoms with Gasteiger partial charge >= 0.3 is 0 Å². The summed E-state index contributed by atoms with van der Waals surface area (Å²) in [5.74, 6) is 1.03. The Hall–Kier alpha value is -3.29. The van der Waals surface area contributed by atoms with Gasteiger partial charge < -0.3 is 18.9 Å². The zero-order valence-electron chi connectivity index (χ0n) is 14.6. The Morgan fingerprint density at radius 1 is 1.04 bits per heavy atom. The lowest BCUT2D eigenvalue weighted by Crippen LogP contribution is -2.24. The molecule has 0 saturated heterocycles. The van der Waals surface area contributed by atoms with Crippen molar-refractivity contribution in [2.24, 2.45) is 5.10 Å². The third kappa shape index (κ3) is 5.10. The first-order valence-corrected chi connectivity index (χ1v) is 7.57. The number of carbonyl (C=O) groups excluding carboxylic acids is 1. The minimum Gasteiger partial charge on any atom is -0.496 e. The van der Waals surface area contributed by atoms with Crippen LogP contribution < -0.4 is 24.4 Å². The van der Waals surface area contributed by atoms with Gasteiger partial charge in [-0.3, -0.25) is 4.79 Å². The molecule has 0 aromatic heterocycles. The molecule has 8 heteroatoms. The van der Waals surface area contributed by atoms with Gasteiger partial charge in [-0.15, -0.1) is 0 Å². The highest BCUT2D eigenvalue weighted by Gasteiger charge is 2.11. The molecule has 1 N–H and O–H groups in total. The van der Waals surface area contributed by atoms with Crippen LogP contribution in [0.2, 0.25) is 0 Å². The Kier molecular flexibility index (Phi) is 6.78. The SMILES string of the molecule is COc1cc(OC)c(C=NNC(=O)COc2ccc(F)cc2)c(OC)c1. The van der Waals surface area contributed by atoms with Crippen molar-refractivity contribution in [3.63, 3.8) is 0 Å². The maximum Gasteiger partial charge on any atom is 0.277 e. The van der Waals surface area contributed by atoms with Crippen LogP contribution in [0, 0.1) is 5.82 Å². The van der Waals surface area contributed by atoms with Crippen molar-refractivity contribution in [3.05, 3.63) is 47.8 Å². The molecule has 2 aromatic carbocycles. The lowest BCUT2D eigenvalue weighted by atomic mass is 10.2. The van der Waals surface area contributed by atoms with Gasteiger partial charge in [0.1, 0.15) is 28.8 Å². The van der Waals surface area contributed by atoms with Gasteiger partial charge in [0.25, 0.3) is 5.91 Å². The number of hydrogen-bond acceptors (Lipinski definition) is 6. The summed E-state index contributed by atoms with van der Waals surface area (Å²) in [7, 11) is 4.53. The normalized spacial score (nSPS) is 10.5. The topological polar surface area (TPSA) is 78.4 Å². The van der Waals surface area contributed by atoms with Crippen LogP contribution in [-0.2, 0) is 4.79 Å². The second-order valence-electron chi connectivity index (χ2n) is 4.98. The van der Waals surface area contributed by atoms with Crippen LogP contribution in [0.1, 0.15) is 5.56 Å². The monoisotopic (exact) mass is 362 g/mol. The minimum absolute atomic E-state index is 0.264. The Bertz CT molecular complexity index is 753. The molecule has 0 bridgehead atoms. The zero-order chi connectivity index (χ0) is 18.9. The van der Waals surface area contributed by atoms with E-state index in [0.29, 0.717) is 28.6 Å². The number of methoxy groups -OCH3 is 3. The molecule has 2 rings (SSSR count). The predicted octanol–water partition coefficient (Wildman–Crippen LogP) is 2.38. The quantitative estimate of drug-likeness (QED) is 0.576. The number of rotatable bonds is 8. The highest BCUT2D eigenvalue weighted by Crippen LogP contribution is 2.32. The average Bonchev–Trinajstić information content (AvgIpc) is 2.67. The van der Waals surface area contributed by atoms with Gasteiger partial charge in [0.2, 0.25) is 0 Å². The molecular weight excluding hydrogens is 343 g/mol. The number of amides is 1. The molecule has 0 saturated carbocycles. The van der Waals surface area contributed by atoms with E-state index in [-0.39, 0.29) is 12.4 Å². The van der Waals surface area contributed by atoms with Crippen LogP contribution in [0.15, 0.2) is 41.5 Å². The number of halogens is 1. The molecular formula is C18H19FN2O5. The molecule has 0 spiro atoms. The van der Waals surface area contributed by atoms with E-state index in [1.54, 1.807) is 12.1 Å². The maximum atomic E-state index is 12.8. The Labute approximate surface area is 150 Å². The molecule has 7 nitrogen and oxygen atoms in total. The highest BCUT2D eigenvalue weighted by atomic mass is 19.1. The third-order valence-electron chi connectivity index (χ3n) is 3.32. The number of nitrogens with one attached hydrogen (secondary N) is 1. The first-order valence-electron chi connectivity index (χ1n) is 7.57. The van der Waals surface area contributed by atoms with E-state index in [0.717, 1.165) is 0 Å². The largest absolute Gasteiger partial charge is 0.496 e. The molecule has 0 heterocycles. The van der Waals surface area contributed by atoms with Gasteiger partial charge in [0, 0.05) is 12.1 Å². The molecule has 0 unspecified atom stereocenters. The van der Waals surface area contributed by atoms with Crippen LogP contribution in [0.5, 0.6) is 23.0 Å². The number of carbonyl (C=O) groups is 1. The van der Waals surface area contributed by atoms with Crippen molar-refractivity contribution >= 4 is 12.1 Å². The standard InChI is InChI=1S/C18H19FN2O5/c1-23-14-8-16(24-2)15(17(9-14)25-3)10-20-21-18(22)11-26-13-6-4-12(19)5-7-13/h4-10H,11H2,1-3H3,(H,21,22). The second-order valence-corrected chi connectivity index (χ2v) is 4.98. The fourth-order valence-electron chi connectivity index (χ4n) is 2.04. The van der Waals surface area contributed by atoms with E-state index >= 15 is 0 Å². The van der Waals surface area contributed by atoms with Gasteiger partial charge in [-0.1, -0.05) is 0 Å². The zero-order valence-corrected chi connectivity index (χ0v) is 14.6. The molecule has 138 valence electrons. The molecule has 1 amide bonds. The molecule has 0 aliphatic heterocycles. The first kappa shape index (κ1) is 19.0. The van der Waals surface area contributed by atoms with E-state index in [2.05, 4.69) is 10.5 Å². The summed E-state index contributed by atoms with van der Waals surface area (Å²) in [5, 5.41) is 3.88. The van der Waals surface area contributed by atoms with Crippen molar-refractivity contribution in [1.82, 2.24) is 5.43 Å². The summed E-state index contributed by atoms with van der Waals surface area (Å²) >= 11 is 0. The van der Waals surface area contributed by atoms with Crippen LogP contribution in [-0.4, -0.2) is 40.1 Å². The number of benzene rings is 2. The van der Waals surface area contributed by atoms with Gasteiger partial charge in [-0.2, -0.15) is 5.10 Å². The number of nitrogens with zero attached hydrogens (tertiary/aromatic N) is 1. The molecule has 0 aliphatic carbocycles. The predicted molar refractivity (Wildman–Crippen MR) is 93.7 cm³/mol. The second kappa shape index (κ2) is 9.26. The molecule has 0 aliphatic rings. The number of hydrazone groups is 1. The summed E-state index contributed by atoms with van der Waals surface area (Å²) in [6.07, 6.45) is 1.40. The molecule has 0 atom stereocenters. The molecule has 0 fully saturated rings. The summed E-state index contributed by atoms with van der Waals surface area (Å²) in [6, 6.07) is 8.69. The Morgan fingerprint density at radius 3 is 2.19 bits per heavy atom. The first-order chi connectivity index (χ1) is 12.6. The Balaban J connectivity index is 1.98. The van der Waals surface area contributed by atoms with Crippen LogP contribution in [0.25, 0.3) is 0 Å². The van der Waals surface area contributed by atoms with Gasteiger partial charge in [0.05, 0.1) is 33.1 Å². The summed E-state index contributed by atoms with van der Waals surface area (Å²) in [5.41, 5.74) is 2.87. The number of ether oxygens (including phenoxy) is 4. The fraction of sp³-hybridized carbons (Fsp3) is 0.222. The van der Waals surface area contributed by atoms with Gasteiger partial charge in [-0.25, -0.2) is 9.82 Å². The van der Waals surface area contributed by atoms with Crippen molar-refractivity contribution < 1.29 is 28.1 Å². The van der Waals surface area contributed by atoms with E-state index < -0.39 is 5.91 Å². The smallest absolute Gasteiger partial charge is 0.277 e. The summed E-state index contributed by atoms with van der Waals surface area (Å²) in [6.45, 7) is -0.264. The highest BCUT2D eigenvalue weighted by molar-refractivity contribution is 5.89. The van der Waals surface area contributed by atoms with Gasteiger partial charge in [-0.05, 0) is 24.3 Å².